The van der Waals surface area contributed by atoms with E-state index in [0.717, 1.165) is 10.0 Å². The highest BCUT2D eigenvalue weighted by Gasteiger charge is 1.99. The predicted molar refractivity (Wildman–Crippen MR) is 49.1 cm³/mol. The summed E-state index contributed by atoms with van der Waals surface area (Å²) in [4.78, 5) is 4.30. The van der Waals surface area contributed by atoms with Crippen molar-refractivity contribution >= 4 is 22.9 Å². The minimum absolute atomic E-state index is 0.828. The third kappa shape index (κ3) is 1.32. The van der Waals surface area contributed by atoms with Crippen LogP contribution in [0.4, 0.5) is 0 Å². The van der Waals surface area contributed by atoms with Crippen LogP contribution in [-0.4, -0.2) is 4.98 Å². The average molecular weight is 184 g/mol. The minimum Gasteiger partial charge on any atom is -0.361 e. The molecule has 0 atom stereocenters. The van der Waals surface area contributed by atoms with Gasteiger partial charge in [0.15, 0.2) is 0 Å². The molecule has 0 bridgehead atoms. The molecular formula is C8H6ClNS. The number of thiophene rings is 1. The van der Waals surface area contributed by atoms with Crippen molar-refractivity contribution in [1.82, 2.24) is 4.98 Å². The van der Waals surface area contributed by atoms with Crippen LogP contribution in [0.3, 0.4) is 0 Å². The minimum atomic E-state index is 0.828. The molecule has 2 rings (SSSR count). The summed E-state index contributed by atoms with van der Waals surface area (Å²) in [5.41, 5.74) is 1.13. The summed E-state index contributed by atoms with van der Waals surface area (Å²) in [6.07, 6.45) is 1.91. The van der Waals surface area contributed by atoms with Crippen LogP contribution in [0.25, 0.3) is 10.6 Å². The van der Waals surface area contributed by atoms with Crippen molar-refractivity contribution in [3.8, 4) is 10.6 Å². The van der Waals surface area contributed by atoms with Crippen molar-refractivity contribution < 1.29 is 0 Å². The molecule has 0 aliphatic heterocycles. The predicted octanol–water partition coefficient (Wildman–Crippen LogP) is 3.40. The third-order valence-electron chi connectivity index (χ3n) is 1.44. The van der Waals surface area contributed by atoms with Crippen LogP contribution in [-0.2, 0) is 0 Å². The Balaban J connectivity index is 2.45. The lowest BCUT2D eigenvalue weighted by Crippen LogP contribution is -1.65. The Morgan fingerprint density at radius 2 is 2.18 bits per heavy atom. The van der Waals surface area contributed by atoms with E-state index in [0.29, 0.717) is 0 Å². The van der Waals surface area contributed by atoms with Crippen LogP contribution in [0.1, 0.15) is 0 Å². The second-order valence-corrected chi connectivity index (χ2v) is 3.90. The van der Waals surface area contributed by atoms with Crippen molar-refractivity contribution in [1.29, 1.82) is 0 Å². The van der Waals surface area contributed by atoms with Gasteiger partial charge in [-0.25, -0.2) is 0 Å². The van der Waals surface area contributed by atoms with Crippen LogP contribution in [0, 0.1) is 0 Å². The summed E-state index contributed by atoms with van der Waals surface area (Å²) >= 11 is 7.36. The van der Waals surface area contributed by atoms with Gasteiger partial charge in [0.25, 0.3) is 0 Å². The van der Waals surface area contributed by atoms with Gasteiger partial charge >= 0.3 is 0 Å². The maximum atomic E-state index is 5.78. The zero-order valence-corrected chi connectivity index (χ0v) is 7.25. The molecule has 11 heavy (non-hydrogen) atoms. The summed E-state index contributed by atoms with van der Waals surface area (Å²) in [6.45, 7) is 0. The van der Waals surface area contributed by atoms with Gasteiger partial charge in [-0.3, -0.25) is 0 Å². The smallest absolute Gasteiger partial charge is 0.0935 e. The lowest BCUT2D eigenvalue weighted by Gasteiger charge is -1.87. The van der Waals surface area contributed by atoms with Gasteiger partial charge in [-0.1, -0.05) is 11.6 Å². The van der Waals surface area contributed by atoms with E-state index in [-0.39, 0.29) is 0 Å². The summed E-state index contributed by atoms with van der Waals surface area (Å²) in [5, 5.41) is 0. The number of hydrogen-bond donors (Lipinski definition) is 1. The van der Waals surface area contributed by atoms with Crippen LogP contribution in [0.5, 0.6) is 0 Å². The van der Waals surface area contributed by atoms with E-state index < -0.39 is 0 Å². The van der Waals surface area contributed by atoms with Gasteiger partial charge in [0.2, 0.25) is 0 Å². The molecule has 1 nitrogen and oxygen atoms in total. The summed E-state index contributed by atoms with van der Waals surface area (Å²) < 4.78 is 0.828. The monoisotopic (exact) mass is 183 g/mol. The molecular weight excluding hydrogens is 178 g/mol. The molecule has 0 amide bonds. The maximum Gasteiger partial charge on any atom is 0.0935 e. The molecule has 0 spiro atoms. The molecule has 0 unspecified atom stereocenters. The van der Waals surface area contributed by atoms with Gasteiger partial charge < -0.3 is 4.98 Å². The van der Waals surface area contributed by atoms with E-state index in [1.165, 1.54) is 4.88 Å². The Kier molecular flexibility index (Phi) is 1.72. The molecule has 2 aromatic rings. The van der Waals surface area contributed by atoms with E-state index >= 15 is 0 Å². The van der Waals surface area contributed by atoms with Gasteiger partial charge in [-0.15, -0.1) is 11.3 Å². The van der Waals surface area contributed by atoms with E-state index in [1.807, 2.05) is 30.5 Å². The number of aromatic amines is 1. The molecule has 1 N–H and O–H groups in total. The molecule has 2 aromatic heterocycles. The van der Waals surface area contributed by atoms with Crippen LogP contribution in [0.2, 0.25) is 4.34 Å². The summed E-state index contributed by atoms with van der Waals surface area (Å²) in [5.74, 6) is 0. The fraction of sp³-hybridized carbons (Fsp3) is 0. The average Bonchev–Trinajstić information content (AvgIpc) is 2.55. The summed E-state index contributed by atoms with van der Waals surface area (Å²) in [6, 6.07) is 7.92. The quantitative estimate of drug-likeness (QED) is 0.698. The first kappa shape index (κ1) is 6.95. The van der Waals surface area contributed by atoms with Crippen molar-refractivity contribution in [2.24, 2.45) is 0 Å². The Labute approximate surface area is 73.6 Å². The highest BCUT2D eigenvalue weighted by atomic mass is 35.5. The van der Waals surface area contributed by atoms with E-state index in [4.69, 9.17) is 11.6 Å². The molecule has 0 aromatic carbocycles. The fourth-order valence-corrected chi connectivity index (χ4v) is 1.97. The zero-order valence-electron chi connectivity index (χ0n) is 5.67. The fourth-order valence-electron chi connectivity index (χ4n) is 0.943. The lowest BCUT2D eigenvalue weighted by molar-refractivity contribution is 1.42. The number of rotatable bonds is 1. The van der Waals surface area contributed by atoms with Gasteiger partial charge in [0, 0.05) is 6.20 Å². The Morgan fingerprint density at radius 1 is 1.27 bits per heavy atom. The molecule has 0 fully saturated rings. The van der Waals surface area contributed by atoms with Gasteiger partial charge in [-0.2, -0.15) is 0 Å². The second-order valence-electron chi connectivity index (χ2n) is 2.19. The standard InChI is InChI=1S/C8H6ClNS/c9-8-4-3-7(11-8)6-2-1-5-10-6/h1-5,10H. The molecule has 0 saturated carbocycles. The Hall–Kier alpha value is -0.730. The third-order valence-corrected chi connectivity index (χ3v) is 2.70. The number of hydrogen-bond acceptors (Lipinski definition) is 1. The van der Waals surface area contributed by atoms with Crippen molar-refractivity contribution in [2.75, 3.05) is 0 Å². The molecule has 3 heteroatoms. The topological polar surface area (TPSA) is 15.8 Å². The first-order valence-electron chi connectivity index (χ1n) is 3.25. The zero-order chi connectivity index (χ0) is 7.68. The van der Waals surface area contributed by atoms with Gasteiger partial charge in [0.1, 0.15) is 0 Å². The lowest BCUT2D eigenvalue weighted by atomic mass is 10.3. The van der Waals surface area contributed by atoms with Crippen molar-refractivity contribution in [3.63, 3.8) is 0 Å². The van der Waals surface area contributed by atoms with E-state index in [9.17, 15) is 0 Å². The SMILES string of the molecule is Clc1ccc(-c2ccc[nH]2)s1. The molecule has 0 aliphatic rings. The van der Waals surface area contributed by atoms with Gasteiger partial charge in [-0.05, 0) is 24.3 Å². The first-order valence-corrected chi connectivity index (χ1v) is 4.45. The van der Waals surface area contributed by atoms with Crippen molar-refractivity contribution in [2.45, 2.75) is 0 Å². The molecule has 0 aliphatic carbocycles. The van der Waals surface area contributed by atoms with Crippen LogP contribution >= 0.6 is 22.9 Å². The number of nitrogens with one attached hydrogen (secondary N) is 1. The maximum absolute atomic E-state index is 5.78. The van der Waals surface area contributed by atoms with E-state index in [1.54, 1.807) is 11.3 Å². The van der Waals surface area contributed by atoms with Crippen molar-refractivity contribution in [3.05, 3.63) is 34.8 Å². The highest BCUT2D eigenvalue weighted by Crippen LogP contribution is 2.29. The van der Waals surface area contributed by atoms with Crippen LogP contribution < -0.4 is 0 Å². The normalized spacial score (nSPS) is 10.3. The van der Waals surface area contributed by atoms with Crippen LogP contribution in [0.15, 0.2) is 30.5 Å². The number of halogens is 1. The number of aromatic nitrogens is 1. The Morgan fingerprint density at radius 3 is 2.73 bits per heavy atom. The second kappa shape index (κ2) is 2.72. The van der Waals surface area contributed by atoms with Gasteiger partial charge in [0.05, 0.1) is 14.9 Å². The highest BCUT2D eigenvalue weighted by molar-refractivity contribution is 7.19. The first-order chi connectivity index (χ1) is 5.36. The molecule has 0 radical (unpaired) electrons. The molecule has 0 saturated heterocycles. The van der Waals surface area contributed by atoms with E-state index in [2.05, 4.69) is 4.98 Å². The summed E-state index contributed by atoms with van der Waals surface area (Å²) in [7, 11) is 0. The number of H-pyrrole nitrogens is 1. The molecule has 2 heterocycles. The molecule has 56 valence electrons. The Bertz CT molecular complexity index is 337. The largest absolute Gasteiger partial charge is 0.361 e.